The maximum Gasteiger partial charge on any atom is 0.329 e. The zero-order chi connectivity index (χ0) is 20.1. The number of carbonyl (C=O) groups is 2. The summed E-state index contributed by atoms with van der Waals surface area (Å²) in [6.45, 7) is 0. The molecule has 0 radical (unpaired) electrons. The molecule has 28 heavy (non-hydrogen) atoms. The van der Waals surface area contributed by atoms with Crippen LogP contribution >= 0.6 is 0 Å². The number of nitro benzene ring substituents is 1. The molecule has 2 aromatic rings. The molecule has 1 aliphatic carbocycles. The van der Waals surface area contributed by atoms with Crippen LogP contribution in [0.3, 0.4) is 0 Å². The summed E-state index contributed by atoms with van der Waals surface area (Å²) < 4.78 is 0. The fourth-order valence-electron chi connectivity index (χ4n) is 2.54. The van der Waals surface area contributed by atoms with Crippen molar-refractivity contribution in [1.82, 2.24) is 10.7 Å². The van der Waals surface area contributed by atoms with Crippen LogP contribution in [-0.2, 0) is 9.59 Å². The second-order valence-corrected chi connectivity index (χ2v) is 6.35. The number of nitrogens with zero attached hydrogens (tertiary/aromatic N) is 3. The SMILES string of the molecule is CN(c1ccccc1)c1ccc(/C=N\NC(=O)C(=O)NC2CC2)cc1[N+](=O)[O-]. The van der Waals surface area contributed by atoms with Crippen LogP contribution in [0.4, 0.5) is 17.1 Å². The molecule has 9 heteroatoms. The second-order valence-electron chi connectivity index (χ2n) is 6.35. The summed E-state index contributed by atoms with van der Waals surface area (Å²) in [5, 5.41) is 17.7. The van der Waals surface area contributed by atoms with E-state index in [4.69, 9.17) is 0 Å². The Kier molecular flexibility index (Phi) is 5.64. The van der Waals surface area contributed by atoms with Gasteiger partial charge in [0.15, 0.2) is 0 Å². The molecule has 0 unspecified atom stereocenters. The zero-order valence-electron chi connectivity index (χ0n) is 15.2. The third kappa shape index (κ3) is 4.70. The van der Waals surface area contributed by atoms with Gasteiger partial charge in [-0.3, -0.25) is 19.7 Å². The van der Waals surface area contributed by atoms with Gasteiger partial charge in [-0.1, -0.05) is 24.3 Å². The first-order valence-corrected chi connectivity index (χ1v) is 8.67. The number of hydrazone groups is 1. The molecule has 2 aromatic carbocycles. The van der Waals surface area contributed by atoms with Gasteiger partial charge in [0.2, 0.25) is 0 Å². The quantitative estimate of drug-likeness (QED) is 0.344. The molecule has 0 aromatic heterocycles. The molecule has 0 heterocycles. The van der Waals surface area contributed by atoms with Crippen molar-refractivity contribution in [3.8, 4) is 0 Å². The molecule has 0 spiro atoms. The Bertz CT molecular complexity index is 925. The van der Waals surface area contributed by atoms with E-state index in [1.807, 2.05) is 30.3 Å². The van der Waals surface area contributed by atoms with Crippen molar-refractivity contribution in [2.75, 3.05) is 11.9 Å². The van der Waals surface area contributed by atoms with Crippen LogP contribution in [0.25, 0.3) is 0 Å². The molecule has 0 aliphatic heterocycles. The number of carbonyl (C=O) groups excluding carboxylic acids is 2. The van der Waals surface area contributed by atoms with Crippen molar-refractivity contribution in [2.45, 2.75) is 18.9 Å². The smallest absolute Gasteiger partial charge is 0.329 e. The van der Waals surface area contributed by atoms with Crippen molar-refractivity contribution in [3.05, 3.63) is 64.2 Å². The van der Waals surface area contributed by atoms with Gasteiger partial charge in [-0.15, -0.1) is 0 Å². The van der Waals surface area contributed by atoms with E-state index < -0.39 is 16.7 Å². The Morgan fingerprint density at radius 2 is 1.89 bits per heavy atom. The van der Waals surface area contributed by atoms with E-state index in [9.17, 15) is 19.7 Å². The number of nitrogens with one attached hydrogen (secondary N) is 2. The molecule has 0 saturated heterocycles. The van der Waals surface area contributed by atoms with E-state index in [2.05, 4.69) is 15.8 Å². The van der Waals surface area contributed by atoms with Crippen molar-refractivity contribution in [3.63, 3.8) is 0 Å². The van der Waals surface area contributed by atoms with Crippen LogP contribution in [0.5, 0.6) is 0 Å². The second kappa shape index (κ2) is 8.30. The molecule has 2 N–H and O–H groups in total. The highest BCUT2D eigenvalue weighted by atomic mass is 16.6. The average molecular weight is 381 g/mol. The van der Waals surface area contributed by atoms with Gasteiger partial charge in [0.25, 0.3) is 5.69 Å². The molecule has 1 aliphatic rings. The number of amides is 2. The van der Waals surface area contributed by atoms with Crippen molar-refractivity contribution >= 4 is 35.1 Å². The lowest BCUT2D eigenvalue weighted by molar-refractivity contribution is -0.384. The number of hydrogen-bond donors (Lipinski definition) is 2. The van der Waals surface area contributed by atoms with E-state index in [0.717, 1.165) is 18.5 Å². The minimum atomic E-state index is -0.877. The lowest BCUT2D eigenvalue weighted by Crippen LogP contribution is -2.38. The maximum atomic E-state index is 11.6. The number of anilines is 2. The summed E-state index contributed by atoms with van der Waals surface area (Å²) in [7, 11) is 1.74. The van der Waals surface area contributed by atoms with Crippen LogP contribution < -0.4 is 15.6 Å². The molecule has 9 nitrogen and oxygen atoms in total. The van der Waals surface area contributed by atoms with E-state index in [1.165, 1.54) is 12.3 Å². The number of benzene rings is 2. The first-order chi connectivity index (χ1) is 13.5. The van der Waals surface area contributed by atoms with Crippen molar-refractivity contribution in [1.29, 1.82) is 0 Å². The fraction of sp³-hybridized carbons (Fsp3) is 0.211. The van der Waals surface area contributed by atoms with Gasteiger partial charge in [-0.2, -0.15) is 5.10 Å². The summed E-state index contributed by atoms with van der Waals surface area (Å²) in [4.78, 5) is 35.9. The molecule has 0 atom stereocenters. The summed E-state index contributed by atoms with van der Waals surface area (Å²) in [6, 6.07) is 13.9. The lowest BCUT2D eigenvalue weighted by atomic mass is 10.1. The predicted octanol–water partition coefficient (Wildman–Crippen LogP) is 2.09. The number of rotatable bonds is 6. The summed E-state index contributed by atoms with van der Waals surface area (Å²) in [5.74, 6) is -1.62. The van der Waals surface area contributed by atoms with Gasteiger partial charge in [0, 0.05) is 30.4 Å². The van der Waals surface area contributed by atoms with Crippen LogP contribution in [0.15, 0.2) is 53.6 Å². The molecule has 1 fully saturated rings. The molecule has 3 rings (SSSR count). The Labute approximate surface area is 161 Å². The van der Waals surface area contributed by atoms with E-state index >= 15 is 0 Å². The lowest BCUT2D eigenvalue weighted by Gasteiger charge is -2.19. The molecule has 1 saturated carbocycles. The summed E-state index contributed by atoms with van der Waals surface area (Å²) in [6.07, 6.45) is 2.99. The predicted molar refractivity (Wildman–Crippen MR) is 105 cm³/mol. The Hall–Kier alpha value is -3.75. The monoisotopic (exact) mass is 381 g/mol. The van der Waals surface area contributed by atoms with Crippen LogP contribution in [0.1, 0.15) is 18.4 Å². The van der Waals surface area contributed by atoms with Gasteiger partial charge in [0.05, 0.1) is 11.1 Å². The third-order valence-electron chi connectivity index (χ3n) is 4.20. The van der Waals surface area contributed by atoms with E-state index in [1.54, 1.807) is 24.1 Å². The van der Waals surface area contributed by atoms with Gasteiger partial charge in [-0.25, -0.2) is 5.43 Å². The summed E-state index contributed by atoms with van der Waals surface area (Å²) in [5.41, 5.74) is 3.65. The number of para-hydroxylation sites is 1. The summed E-state index contributed by atoms with van der Waals surface area (Å²) >= 11 is 0. The first-order valence-electron chi connectivity index (χ1n) is 8.67. The van der Waals surface area contributed by atoms with Gasteiger partial charge >= 0.3 is 11.8 Å². The van der Waals surface area contributed by atoms with Crippen molar-refractivity contribution in [2.24, 2.45) is 5.10 Å². The minimum Gasteiger partial charge on any atom is -0.345 e. The van der Waals surface area contributed by atoms with Crippen LogP contribution in [0, 0.1) is 10.1 Å². The molecule has 144 valence electrons. The van der Waals surface area contributed by atoms with Gasteiger partial charge in [0.1, 0.15) is 5.69 Å². The van der Waals surface area contributed by atoms with Gasteiger partial charge < -0.3 is 10.2 Å². The highest BCUT2D eigenvalue weighted by Gasteiger charge is 2.26. The fourth-order valence-corrected chi connectivity index (χ4v) is 2.54. The maximum absolute atomic E-state index is 11.6. The van der Waals surface area contributed by atoms with Gasteiger partial charge in [-0.05, 0) is 31.0 Å². The highest BCUT2D eigenvalue weighted by molar-refractivity contribution is 6.35. The average Bonchev–Trinajstić information content (AvgIpc) is 3.51. The molecule has 0 bridgehead atoms. The largest absolute Gasteiger partial charge is 0.345 e. The van der Waals surface area contributed by atoms with E-state index in [-0.39, 0.29) is 11.7 Å². The van der Waals surface area contributed by atoms with E-state index in [0.29, 0.717) is 11.3 Å². The Morgan fingerprint density at radius 3 is 2.54 bits per heavy atom. The van der Waals surface area contributed by atoms with Crippen LogP contribution in [-0.4, -0.2) is 36.0 Å². The molecular formula is C19H19N5O4. The topological polar surface area (TPSA) is 117 Å². The standard InChI is InChI=1S/C19H19N5O4/c1-23(15-5-3-2-4-6-15)16-10-7-13(11-17(16)24(27)28)12-20-22-19(26)18(25)21-14-8-9-14/h2-7,10-12,14H,8-9H2,1H3,(H,21,25)(H,22,26)/b20-12-. The molecule has 2 amide bonds. The highest BCUT2D eigenvalue weighted by Crippen LogP contribution is 2.32. The number of nitro groups is 1. The Morgan fingerprint density at radius 1 is 1.18 bits per heavy atom. The van der Waals surface area contributed by atoms with Crippen LogP contribution in [0.2, 0.25) is 0 Å². The van der Waals surface area contributed by atoms with Crippen molar-refractivity contribution < 1.29 is 14.5 Å². The first kappa shape index (κ1) is 19.0. The third-order valence-corrected chi connectivity index (χ3v) is 4.20. The number of hydrogen-bond acceptors (Lipinski definition) is 6. The normalized spacial score (nSPS) is 13.2. The molecular weight excluding hydrogens is 362 g/mol. The Balaban J connectivity index is 1.72. The minimum absolute atomic E-state index is 0.0685. The zero-order valence-corrected chi connectivity index (χ0v) is 15.2.